The van der Waals surface area contributed by atoms with E-state index >= 15 is 0 Å². The molecule has 0 amide bonds. The lowest BCUT2D eigenvalue weighted by Crippen LogP contribution is -2.03. The Kier molecular flexibility index (Phi) is 9.92. The van der Waals surface area contributed by atoms with Crippen LogP contribution >= 0.6 is 22.6 Å². The van der Waals surface area contributed by atoms with Gasteiger partial charge in [-0.1, -0.05) is 0 Å². The first-order valence-electron chi connectivity index (χ1n) is 11.8. The molecule has 12 nitrogen and oxygen atoms in total. The lowest BCUT2D eigenvalue weighted by atomic mass is 10.0. The molecule has 0 unspecified atom stereocenters. The molecule has 0 spiro atoms. The van der Waals surface area contributed by atoms with Crippen molar-refractivity contribution in [2.75, 3.05) is 0 Å². The topological polar surface area (TPSA) is 166 Å². The number of benzene rings is 2. The zero-order valence-electron chi connectivity index (χ0n) is 21.2. The van der Waals surface area contributed by atoms with Gasteiger partial charge in [0.25, 0.3) is 11.4 Å². The van der Waals surface area contributed by atoms with Gasteiger partial charge in [-0.25, -0.2) is 9.97 Å². The third-order valence-corrected chi connectivity index (χ3v) is 6.69. The van der Waals surface area contributed by atoms with E-state index in [1.807, 2.05) is 0 Å². The van der Waals surface area contributed by atoms with Crippen LogP contribution in [0.2, 0.25) is 0 Å². The van der Waals surface area contributed by atoms with Crippen LogP contribution in [0.15, 0.2) is 83.0 Å². The molecule has 0 aliphatic carbocycles. The Morgan fingerprint density at radius 3 is 1.98 bits per heavy atom. The fourth-order valence-corrected chi connectivity index (χ4v) is 4.52. The third-order valence-electron chi connectivity index (χ3n) is 5.77. The fraction of sp³-hybridized carbons (Fsp3) is 0.0769. The summed E-state index contributed by atoms with van der Waals surface area (Å²) in [6.07, 6.45) is 2.59. The Morgan fingerprint density at radius 1 is 0.810 bits per heavy atom. The smallest absolute Gasteiger partial charge is 0.537 e. The number of nitro benzene ring substituents is 2. The number of pyridine rings is 2. The average Bonchev–Trinajstić information content (AvgIpc) is 3.57. The number of hydrogen-bond donors (Lipinski definition) is 1. The maximum absolute atomic E-state index is 13.1. The van der Waals surface area contributed by atoms with Gasteiger partial charge < -0.3 is 9.68 Å². The molecule has 2 aromatic heterocycles. The van der Waals surface area contributed by atoms with Crippen molar-refractivity contribution in [3.8, 4) is 5.75 Å². The van der Waals surface area contributed by atoms with Crippen molar-refractivity contribution in [1.82, 2.24) is 9.97 Å². The third kappa shape index (κ3) is 7.52. The van der Waals surface area contributed by atoms with Crippen molar-refractivity contribution >= 4 is 51.1 Å². The van der Waals surface area contributed by atoms with E-state index in [1.54, 1.807) is 24.3 Å². The maximum Gasteiger partial charge on any atom is 0.569 e. The van der Waals surface area contributed by atoms with Crippen molar-refractivity contribution in [2.45, 2.75) is 13.1 Å². The molecule has 4 heterocycles. The summed E-state index contributed by atoms with van der Waals surface area (Å²) in [5.41, 5.74) is 4.82. The van der Waals surface area contributed by atoms with Gasteiger partial charge in [0.15, 0.2) is 0 Å². The van der Waals surface area contributed by atoms with E-state index in [4.69, 9.17) is 5.02 Å². The van der Waals surface area contributed by atoms with Gasteiger partial charge >= 0.3 is 7.69 Å². The van der Waals surface area contributed by atoms with Crippen LogP contribution in [0, 0.1) is 32.1 Å². The van der Waals surface area contributed by atoms with E-state index in [-0.39, 0.29) is 22.0 Å². The molecule has 2 aliphatic rings. The number of halogens is 3. The van der Waals surface area contributed by atoms with Crippen LogP contribution in [0.4, 0.5) is 20.2 Å². The summed E-state index contributed by atoms with van der Waals surface area (Å²) in [6.45, 7) is 1.10. The fourth-order valence-electron chi connectivity index (χ4n) is 3.85. The molecule has 0 saturated carbocycles. The van der Waals surface area contributed by atoms with Gasteiger partial charge in [0.1, 0.15) is 9.47 Å². The van der Waals surface area contributed by atoms with Crippen LogP contribution in [0.5, 0.6) is 5.75 Å². The van der Waals surface area contributed by atoms with E-state index in [0.717, 1.165) is 26.5 Å². The summed E-state index contributed by atoms with van der Waals surface area (Å²) in [6, 6.07) is 14.9. The highest BCUT2D eigenvalue weighted by atomic mass is 127. The second-order valence-electron chi connectivity index (χ2n) is 8.37. The first kappa shape index (κ1) is 30.3. The molecule has 16 heteroatoms. The summed E-state index contributed by atoms with van der Waals surface area (Å²) in [5, 5.41) is 29.4. The van der Waals surface area contributed by atoms with Crippen molar-refractivity contribution < 1.29 is 28.3 Å². The number of nitrogens with zero attached hydrogens (tertiary/aromatic N) is 6. The highest BCUT2D eigenvalue weighted by molar-refractivity contribution is 14.1. The number of non-ortho nitro benzene ring substituents is 2. The number of aromatic nitrogens is 2. The molecule has 0 fully saturated rings. The van der Waals surface area contributed by atoms with Crippen LogP contribution < -0.4 is 4.65 Å². The number of rotatable bonds is 5. The monoisotopic (exact) mass is 685 g/mol. The SMILES string of the molecule is O=[N+]([O-])c1ccc2c(c1)C(I)=NC2.O=[N+]([O-])c1ccc2c(c1)C(c1ccnc(F)c1)=NC2.O[B]Oc1ccnc(F)c1. The van der Waals surface area contributed by atoms with E-state index in [1.165, 1.54) is 42.7 Å². The minimum Gasteiger partial charge on any atom is -0.537 e. The van der Waals surface area contributed by atoms with E-state index in [9.17, 15) is 29.0 Å². The second-order valence-corrected chi connectivity index (χ2v) is 9.40. The Bertz CT molecular complexity index is 1720. The average molecular weight is 685 g/mol. The van der Waals surface area contributed by atoms with Crippen molar-refractivity contribution in [3.05, 3.63) is 133 Å². The van der Waals surface area contributed by atoms with Gasteiger partial charge in [0.05, 0.1) is 28.6 Å². The molecule has 0 atom stereocenters. The molecule has 1 radical (unpaired) electrons. The molecule has 2 aromatic carbocycles. The van der Waals surface area contributed by atoms with Crippen molar-refractivity contribution in [2.24, 2.45) is 9.98 Å². The van der Waals surface area contributed by atoms with Crippen LogP contribution in [0.25, 0.3) is 0 Å². The Hall–Kier alpha value is -4.71. The molecular weight excluding hydrogens is 668 g/mol. The van der Waals surface area contributed by atoms with Gasteiger partial charge in [0.2, 0.25) is 11.9 Å². The predicted octanol–water partition coefficient (Wildman–Crippen LogP) is 4.90. The van der Waals surface area contributed by atoms with E-state index in [2.05, 4.69) is 47.2 Å². The summed E-state index contributed by atoms with van der Waals surface area (Å²) in [4.78, 5) is 35.7. The van der Waals surface area contributed by atoms with Gasteiger partial charge in [-0.2, -0.15) is 8.78 Å². The van der Waals surface area contributed by atoms with Crippen LogP contribution in [-0.2, 0) is 13.1 Å². The second kappa shape index (κ2) is 13.8. The van der Waals surface area contributed by atoms with Gasteiger partial charge in [-0.15, -0.1) is 0 Å². The molecule has 4 aromatic rings. The Balaban J connectivity index is 0.000000154. The summed E-state index contributed by atoms with van der Waals surface area (Å²) >= 11 is 2.09. The minimum atomic E-state index is -0.639. The molecule has 211 valence electrons. The number of nitro groups is 2. The lowest BCUT2D eigenvalue weighted by molar-refractivity contribution is -0.385. The standard InChI is InChI=1S/C13H8FN3O2.C8H5IN2O2.C5H4BFNO2/c14-12-5-8(3-4-15-12)13-11-6-10(17(18)19)2-1-9(11)7-16-13;9-8-7-3-6(11(12)13)2-1-5(7)4-10-8;7-5-3-4(10-6-9)1-2-8-5/h1-6H,7H2;1-3H,4H2;1-3,9H. The van der Waals surface area contributed by atoms with Crippen LogP contribution in [-0.4, -0.2) is 42.0 Å². The summed E-state index contributed by atoms with van der Waals surface area (Å²) in [7, 11) is 0.481. The molecule has 42 heavy (non-hydrogen) atoms. The number of fused-ring (bicyclic) bond motifs is 2. The number of hydrogen-bond acceptors (Lipinski definition) is 10. The summed E-state index contributed by atoms with van der Waals surface area (Å²) < 4.78 is 30.6. The van der Waals surface area contributed by atoms with E-state index < -0.39 is 16.8 Å². The molecule has 0 saturated heterocycles. The van der Waals surface area contributed by atoms with Gasteiger partial charge in [-0.05, 0) is 58.0 Å². The first-order chi connectivity index (χ1) is 20.2. The normalized spacial score (nSPS) is 12.3. The Morgan fingerprint density at radius 2 is 1.38 bits per heavy atom. The van der Waals surface area contributed by atoms with Gasteiger partial charge in [-0.3, -0.25) is 30.2 Å². The predicted molar refractivity (Wildman–Crippen MR) is 157 cm³/mol. The zero-order valence-corrected chi connectivity index (χ0v) is 23.4. The maximum atomic E-state index is 13.1. The van der Waals surface area contributed by atoms with Crippen molar-refractivity contribution in [1.29, 1.82) is 0 Å². The highest BCUT2D eigenvalue weighted by Crippen LogP contribution is 2.27. The molecule has 1 N–H and O–H groups in total. The Labute approximate surface area is 250 Å². The van der Waals surface area contributed by atoms with Crippen LogP contribution in [0.1, 0.15) is 27.8 Å². The summed E-state index contributed by atoms with van der Waals surface area (Å²) in [5.74, 6) is -1.02. The van der Waals surface area contributed by atoms with E-state index in [0.29, 0.717) is 37.6 Å². The van der Waals surface area contributed by atoms with Gasteiger partial charge in [0, 0.05) is 65.5 Å². The van der Waals surface area contributed by atoms with Crippen LogP contribution in [0.3, 0.4) is 0 Å². The number of aliphatic imine (C=N–C) groups is 2. The molecule has 0 bridgehead atoms. The highest BCUT2D eigenvalue weighted by Gasteiger charge is 2.21. The zero-order chi connectivity index (χ0) is 30.2. The molecular formula is C26H17BF2IN6O6. The lowest BCUT2D eigenvalue weighted by Gasteiger charge is -2.03. The minimum absolute atomic E-state index is 0.00266. The largest absolute Gasteiger partial charge is 0.569 e. The molecule has 6 rings (SSSR count). The first-order valence-corrected chi connectivity index (χ1v) is 12.9. The molecule has 2 aliphatic heterocycles. The quantitative estimate of drug-likeness (QED) is 0.102. The van der Waals surface area contributed by atoms with Crippen molar-refractivity contribution in [3.63, 3.8) is 0 Å².